The van der Waals surface area contributed by atoms with Gasteiger partial charge < -0.3 is 0 Å². The summed E-state index contributed by atoms with van der Waals surface area (Å²) in [5.41, 5.74) is 1.61. The summed E-state index contributed by atoms with van der Waals surface area (Å²) < 4.78 is 40.0. The third-order valence-electron chi connectivity index (χ3n) is 2.92. The van der Waals surface area contributed by atoms with Crippen molar-refractivity contribution in [2.45, 2.75) is 24.8 Å². The summed E-state index contributed by atoms with van der Waals surface area (Å²) in [7, 11) is -3.88. The van der Waals surface area contributed by atoms with E-state index in [1.54, 1.807) is 12.3 Å². The Morgan fingerprint density at radius 2 is 1.95 bits per heavy atom. The summed E-state index contributed by atoms with van der Waals surface area (Å²) in [6, 6.07) is 8.97. The zero-order valence-corrected chi connectivity index (χ0v) is 11.8. The number of halogens is 1. The molecule has 0 saturated carbocycles. The molecular weight excluding hydrogens is 279 g/mol. The van der Waals surface area contributed by atoms with Crippen molar-refractivity contribution < 1.29 is 12.8 Å². The van der Waals surface area contributed by atoms with Crippen LogP contribution < -0.4 is 4.72 Å². The van der Waals surface area contributed by atoms with Crippen LogP contribution in [0.1, 0.15) is 18.2 Å². The number of nitrogens with one attached hydrogen (secondary N) is 1. The number of rotatable bonds is 5. The van der Waals surface area contributed by atoms with Crippen molar-refractivity contribution in [3.63, 3.8) is 0 Å². The second-order valence-corrected chi connectivity index (χ2v) is 5.95. The molecule has 0 unspecified atom stereocenters. The molecule has 1 heterocycles. The molecule has 1 aromatic carbocycles. The van der Waals surface area contributed by atoms with Crippen molar-refractivity contribution in [3.8, 4) is 0 Å². The molecule has 4 nitrogen and oxygen atoms in total. The Morgan fingerprint density at radius 3 is 2.65 bits per heavy atom. The number of sulfonamides is 1. The average molecular weight is 294 g/mol. The lowest BCUT2D eigenvalue weighted by Gasteiger charge is -2.09. The fourth-order valence-electron chi connectivity index (χ4n) is 1.86. The molecule has 1 N–H and O–H groups in total. The molecule has 0 fully saturated rings. The van der Waals surface area contributed by atoms with Gasteiger partial charge in [-0.15, -0.1) is 0 Å². The van der Waals surface area contributed by atoms with Crippen LogP contribution in [0.3, 0.4) is 0 Å². The molecule has 0 amide bonds. The van der Waals surface area contributed by atoms with E-state index >= 15 is 0 Å². The monoisotopic (exact) mass is 294 g/mol. The fraction of sp³-hybridized carbons (Fsp3) is 0.214. The molecule has 0 radical (unpaired) electrons. The third-order valence-corrected chi connectivity index (χ3v) is 4.36. The van der Waals surface area contributed by atoms with Gasteiger partial charge in [-0.25, -0.2) is 17.5 Å². The molecule has 0 aliphatic rings. The van der Waals surface area contributed by atoms with Crippen molar-refractivity contribution >= 4 is 10.0 Å². The summed E-state index contributed by atoms with van der Waals surface area (Å²) in [6.45, 7) is 2.01. The van der Waals surface area contributed by atoms with E-state index in [2.05, 4.69) is 9.71 Å². The van der Waals surface area contributed by atoms with Crippen molar-refractivity contribution in [2.24, 2.45) is 0 Å². The molecule has 0 saturated heterocycles. The van der Waals surface area contributed by atoms with Crippen molar-refractivity contribution in [1.82, 2.24) is 9.71 Å². The van der Waals surface area contributed by atoms with Crippen LogP contribution in [0, 0.1) is 5.82 Å². The Bertz CT molecular complexity index is 702. The van der Waals surface area contributed by atoms with E-state index < -0.39 is 15.8 Å². The van der Waals surface area contributed by atoms with Crippen LogP contribution in [0.15, 0.2) is 47.5 Å². The van der Waals surface area contributed by atoms with E-state index in [9.17, 15) is 12.8 Å². The SMILES string of the molecule is CCc1cccnc1CNS(=O)(=O)c1ccccc1F. The molecule has 0 bridgehead atoms. The summed E-state index contributed by atoms with van der Waals surface area (Å²) in [5, 5.41) is 0. The van der Waals surface area contributed by atoms with Crippen molar-refractivity contribution in [1.29, 1.82) is 0 Å². The number of aryl methyl sites for hydroxylation is 1. The second kappa shape index (κ2) is 6.11. The molecule has 20 heavy (non-hydrogen) atoms. The summed E-state index contributed by atoms with van der Waals surface area (Å²) >= 11 is 0. The van der Waals surface area contributed by atoms with E-state index in [4.69, 9.17) is 0 Å². The highest BCUT2D eigenvalue weighted by Crippen LogP contribution is 2.14. The van der Waals surface area contributed by atoms with Gasteiger partial charge in [0.2, 0.25) is 10.0 Å². The van der Waals surface area contributed by atoms with E-state index in [1.807, 2.05) is 13.0 Å². The largest absolute Gasteiger partial charge is 0.260 e. The Balaban J connectivity index is 2.20. The molecule has 6 heteroatoms. The van der Waals surface area contributed by atoms with E-state index in [1.165, 1.54) is 18.2 Å². The molecule has 2 aromatic rings. The molecule has 0 spiro atoms. The van der Waals surface area contributed by atoms with Crippen molar-refractivity contribution in [2.75, 3.05) is 0 Å². The maximum atomic E-state index is 13.5. The lowest BCUT2D eigenvalue weighted by atomic mass is 10.1. The van der Waals surface area contributed by atoms with Gasteiger partial charge in [-0.1, -0.05) is 25.1 Å². The van der Waals surface area contributed by atoms with E-state index in [-0.39, 0.29) is 11.4 Å². The fourth-order valence-corrected chi connectivity index (χ4v) is 2.92. The van der Waals surface area contributed by atoms with Crippen LogP contribution in [0.5, 0.6) is 0 Å². The number of benzene rings is 1. The van der Waals surface area contributed by atoms with E-state index in [0.29, 0.717) is 5.69 Å². The maximum Gasteiger partial charge on any atom is 0.243 e. The first-order chi connectivity index (χ1) is 9.54. The van der Waals surface area contributed by atoms with Crippen LogP contribution in [0.2, 0.25) is 0 Å². The molecular formula is C14H15FN2O2S. The molecule has 2 rings (SSSR count). The first kappa shape index (κ1) is 14.6. The molecule has 106 valence electrons. The van der Waals surface area contributed by atoms with Gasteiger partial charge in [-0.05, 0) is 30.2 Å². The molecule has 1 aromatic heterocycles. The number of nitrogens with zero attached hydrogens (tertiary/aromatic N) is 1. The Kier molecular flexibility index (Phi) is 4.46. The van der Waals surface area contributed by atoms with Gasteiger partial charge >= 0.3 is 0 Å². The lowest BCUT2D eigenvalue weighted by Crippen LogP contribution is -2.25. The molecule has 0 atom stereocenters. The predicted octanol–water partition coefficient (Wildman–Crippen LogP) is 2.26. The minimum absolute atomic E-state index is 0.0423. The lowest BCUT2D eigenvalue weighted by molar-refractivity contribution is 0.556. The topological polar surface area (TPSA) is 59.1 Å². The standard InChI is InChI=1S/C14H15FN2O2S/c1-2-11-6-5-9-16-13(11)10-17-20(18,19)14-8-4-3-7-12(14)15/h3-9,17H,2,10H2,1H3. The zero-order valence-electron chi connectivity index (χ0n) is 11.0. The van der Waals surface area contributed by atoms with Gasteiger partial charge in [0, 0.05) is 6.20 Å². The van der Waals surface area contributed by atoms with Crippen LogP contribution in [-0.4, -0.2) is 13.4 Å². The summed E-state index contributed by atoms with van der Waals surface area (Å²) in [6.07, 6.45) is 2.36. The first-order valence-corrected chi connectivity index (χ1v) is 7.70. The Hall–Kier alpha value is -1.79. The summed E-state index contributed by atoms with van der Waals surface area (Å²) in [4.78, 5) is 3.80. The molecule has 0 aliphatic carbocycles. The number of hydrogen-bond donors (Lipinski definition) is 1. The Morgan fingerprint density at radius 1 is 1.20 bits per heavy atom. The minimum atomic E-state index is -3.88. The first-order valence-electron chi connectivity index (χ1n) is 6.21. The average Bonchev–Trinajstić information content (AvgIpc) is 2.46. The highest BCUT2D eigenvalue weighted by atomic mass is 32.2. The van der Waals surface area contributed by atoms with Gasteiger partial charge in [-0.2, -0.15) is 0 Å². The number of hydrogen-bond acceptors (Lipinski definition) is 3. The third kappa shape index (κ3) is 3.20. The highest BCUT2D eigenvalue weighted by molar-refractivity contribution is 7.89. The normalized spacial score (nSPS) is 11.5. The highest BCUT2D eigenvalue weighted by Gasteiger charge is 2.18. The van der Waals surface area contributed by atoms with E-state index in [0.717, 1.165) is 18.1 Å². The smallest absolute Gasteiger partial charge is 0.243 e. The minimum Gasteiger partial charge on any atom is -0.260 e. The quantitative estimate of drug-likeness (QED) is 0.920. The van der Waals surface area contributed by atoms with Crippen molar-refractivity contribution in [3.05, 3.63) is 59.7 Å². The van der Waals surface area contributed by atoms with Gasteiger partial charge in [0.1, 0.15) is 10.7 Å². The number of aromatic nitrogens is 1. The Labute approximate surface area is 117 Å². The van der Waals surface area contributed by atoms with Gasteiger partial charge in [0.15, 0.2) is 0 Å². The van der Waals surface area contributed by atoms with Gasteiger partial charge in [0.25, 0.3) is 0 Å². The van der Waals surface area contributed by atoms with Crippen LogP contribution in [0.4, 0.5) is 4.39 Å². The number of pyridine rings is 1. The maximum absolute atomic E-state index is 13.5. The van der Waals surface area contributed by atoms with Gasteiger partial charge in [0.05, 0.1) is 12.2 Å². The van der Waals surface area contributed by atoms with Crippen LogP contribution >= 0.6 is 0 Å². The second-order valence-electron chi connectivity index (χ2n) is 4.22. The van der Waals surface area contributed by atoms with Gasteiger partial charge in [-0.3, -0.25) is 4.98 Å². The predicted molar refractivity (Wildman–Crippen MR) is 74.0 cm³/mol. The van der Waals surface area contributed by atoms with Crippen LogP contribution in [0.25, 0.3) is 0 Å². The zero-order chi connectivity index (χ0) is 14.6. The molecule has 0 aliphatic heterocycles. The van der Waals surface area contributed by atoms with Crippen LogP contribution in [-0.2, 0) is 23.0 Å². The summed E-state index contributed by atoms with van der Waals surface area (Å²) in [5.74, 6) is -0.767.